The third-order valence-corrected chi connectivity index (χ3v) is 6.31. The Bertz CT molecular complexity index is 1240. The molecule has 1 saturated heterocycles. The molecule has 3 aromatic carbocycles. The van der Waals surface area contributed by atoms with Crippen LogP contribution < -0.4 is 0 Å². The molecule has 1 amide bonds. The third-order valence-electron chi connectivity index (χ3n) is 6.31. The molecule has 5 rings (SSSR count). The molecule has 1 fully saturated rings. The van der Waals surface area contributed by atoms with Crippen molar-refractivity contribution in [1.82, 2.24) is 14.4 Å². The van der Waals surface area contributed by atoms with Gasteiger partial charge in [-0.15, -0.1) is 0 Å². The first-order valence-corrected chi connectivity index (χ1v) is 10.9. The summed E-state index contributed by atoms with van der Waals surface area (Å²) in [7, 11) is 0. The molecule has 1 aliphatic rings. The molecule has 4 aromatic rings. The minimum Gasteiger partial charge on any atom is -0.341 e. The van der Waals surface area contributed by atoms with Crippen LogP contribution >= 0.6 is 0 Å². The van der Waals surface area contributed by atoms with Gasteiger partial charge in [-0.05, 0) is 55.0 Å². The maximum Gasteiger partial charge on any atom is 0.253 e. The summed E-state index contributed by atoms with van der Waals surface area (Å²) >= 11 is 0. The number of benzene rings is 3. The highest BCUT2D eigenvalue weighted by Gasteiger charge is 2.22. The highest BCUT2D eigenvalue weighted by molar-refractivity contribution is 6.08. The van der Waals surface area contributed by atoms with Crippen LogP contribution in [0.25, 0.3) is 21.8 Å². The number of nitrogens with zero attached hydrogens (tertiary/aromatic N) is 3. The van der Waals surface area contributed by atoms with E-state index in [1.807, 2.05) is 4.90 Å². The smallest absolute Gasteiger partial charge is 0.253 e. The van der Waals surface area contributed by atoms with Crippen molar-refractivity contribution < 1.29 is 9.18 Å². The van der Waals surface area contributed by atoms with E-state index in [0.717, 1.165) is 26.2 Å². The van der Waals surface area contributed by atoms with Crippen molar-refractivity contribution in [2.24, 2.45) is 0 Å². The summed E-state index contributed by atoms with van der Waals surface area (Å²) in [5.41, 5.74) is 4.41. The molecule has 0 bridgehead atoms. The quantitative estimate of drug-likeness (QED) is 0.474. The fraction of sp³-hybridized carbons (Fsp3) is 0.269. The number of amides is 1. The van der Waals surface area contributed by atoms with E-state index in [9.17, 15) is 9.18 Å². The van der Waals surface area contributed by atoms with E-state index >= 15 is 0 Å². The molecule has 0 radical (unpaired) electrons. The lowest BCUT2D eigenvalue weighted by molar-refractivity contribution is 0.0628. The van der Waals surface area contributed by atoms with Crippen molar-refractivity contribution in [2.45, 2.75) is 20.0 Å². The fourth-order valence-electron chi connectivity index (χ4n) is 4.68. The van der Waals surface area contributed by atoms with Crippen LogP contribution in [-0.2, 0) is 13.1 Å². The second-order valence-corrected chi connectivity index (χ2v) is 8.19. The molecule has 31 heavy (non-hydrogen) atoms. The van der Waals surface area contributed by atoms with E-state index < -0.39 is 0 Å². The van der Waals surface area contributed by atoms with Crippen molar-refractivity contribution in [3.8, 4) is 0 Å². The SMILES string of the molecule is CCn1c2ccccc2c2cc(CN3CCN(C(=O)c4ccc(F)cc4)CC3)ccc21. The van der Waals surface area contributed by atoms with Crippen LogP contribution in [0.5, 0.6) is 0 Å². The van der Waals surface area contributed by atoms with Crippen molar-refractivity contribution in [3.05, 3.63) is 83.7 Å². The van der Waals surface area contributed by atoms with Crippen LogP contribution in [-0.4, -0.2) is 46.5 Å². The minimum atomic E-state index is -0.319. The van der Waals surface area contributed by atoms with Crippen LogP contribution in [0.2, 0.25) is 0 Å². The highest BCUT2D eigenvalue weighted by Crippen LogP contribution is 2.30. The Morgan fingerprint density at radius 2 is 1.58 bits per heavy atom. The Hall–Kier alpha value is -3.18. The zero-order chi connectivity index (χ0) is 21.4. The van der Waals surface area contributed by atoms with Crippen LogP contribution in [0.3, 0.4) is 0 Å². The second-order valence-electron chi connectivity index (χ2n) is 8.19. The van der Waals surface area contributed by atoms with Gasteiger partial charge in [0.25, 0.3) is 5.91 Å². The molecule has 0 atom stereocenters. The summed E-state index contributed by atoms with van der Waals surface area (Å²) in [6, 6.07) is 21.2. The van der Waals surface area contributed by atoms with E-state index in [-0.39, 0.29) is 11.7 Å². The van der Waals surface area contributed by atoms with Crippen LogP contribution in [0.4, 0.5) is 4.39 Å². The molecular weight excluding hydrogens is 389 g/mol. The molecule has 5 heteroatoms. The minimum absolute atomic E-state index is 0.0200. The maximum atomic E-state index is 13.1. The first-order valence-electron chi connectivity index (χ1n) is 10.9. The van der Waals surface area contributed by atoms with Gasteiger partial charge in [0, 0.05) is 66.6 Å². The van der Waals surface area contributed by atoms with Gasteiger partial charge in [0.05, 0.1) is 0 Å². The Morgan fingerprint density at radius 3 is 2.32 bits per heavy atom. The predicted molar refractivity (Wildman–Crippen MR) is 123 cm³/mol. The monoisotopic (exact) mass is 415 g/mol. The molecule has 1 aromatic heterocycles. The number of fused-ring (bicyclic) bond motifs is 3. The van der Waals surface area contributed by atoms with Crippen molar-refractivity contribution in [2.75, 3.05) is 26.2 Å². The summed E-state index contributed by atoms with van der Waals surface area (Å²) in [5.74, 6) is -0.339. The van der Waals surface area contributed by atoms with Crippen LogP contribution in [0.1, 0.15) is 22.8 Å². The van der Waals surface area contributed by atoms with Gasteiger partial charge in [0.1, 0.15) is 5.82 Å². The summed E-state index contributed by atoms with van der Waals surface area (Å²) in [6.45, 7) is 7.06. The van der Waals surface area contributed by atoms with Crippen molar-refractivity contribution in [1.29, 1.82) is 0 Å². The molecular formula is C26H26FN3O. The first kappa shape index (κ1) is 19.8. The molecule has 0 spiro atoms. The number of aryl methyl sites for hydroxylation is 1. The number of carbonyl (C=O) groups excluding carboxylic acids is 1. The first-order chi connectivity index (χ1) is 15.1. The number of rotatable bonds is 4. The van der Waals surface area contributed by atoms with E-state index in [1.165, 1.54) is 39.5 Å². The highest BCUT2D eigenvalue weighted by atomic mass is 19.1. The largest absolute Gasteiger partial charge is 0.341 e. The molecule has 1 aliphatic heterocycles. The average Bonchev–Trinajstić information content (AvgIpc) is 3.13. The summed E-state index contributed by atoms with van der Waals surface area (Å²) < 4.78 is 15.5. The normalized spacial score (nSPS) is 15.1. The summed E-state index contributed by atoms with van der Waals surface area (Å²) in [4.78, 5) is 16.9. The van der Waals surface area contributed by atoms with Crippen LogP contribution in [0, 0.1) is 5.82 Å². The number of carbonyl (C=O) groups is 1. The zero-order valence-corrected chi connectivity index (χ0v) is 17.7. The average molecular weight is 416 g/mol. The van der Waals surface area contributed by atoms with Crippen molar-refractivity contribution in [3.63, 3.8) is 0 Å². The number of hydrogen-bond acceptors (Lipinski definition) is 2. The van der Waals surface area contributed by atoms with Gasteiger partial charge in [-0.2, -0.15) is 0 Å². The molecule has 0 saturated carbocycles. The Labute approximate surface area is 181 Å². The van der Waals surface area contributed by atoms with Gasteiger partial charge in [0.2, 0.25) is 0 Å². The fourth-order valence-corrected chi connectivity index (χ4v) is 4.68. The molecule has 0 aliphatic carbocycles. The summed E-state index contributed by atoms with van der Waals surface area (Å²) in [6.07, 6.45) is 0. The molecule has 158 valence electrons. The Morgan fingerprint density at radius 1 is 0.871 bits per heavy atom. The van der Waals surface area contributed by atoms with E-state index in [2.05, 4.69) is 58.9 Å². The van der Waals surface area contributed by atoms with Gasteiger partial charge < -0.3 is 9.47 Å². The van der Waals surface area contributed by atoms with Gasteiger partial charge in [-0.3, -0.25) is 9.69 Å². The Kier molecular flexibility index (Phi) is 5.20. The number of aromatic nitrogens is 1. The number of para-hydroxylation sites is 1. The lowest BCUT2D eigenvalue weighted by atomic mass is 10.1. The lowest BCUT2D eigenvalue weighted by Crippen LogP contribution is -2.48. The second kappa shape index (κ2) is 8.16. The number of hydrogen-bond donors (Lipinski definition) is 0. The molecule has 2 heterocycles. The number of piperazine rings is 1. The standard InChI is InChI=1S/C26H26FN3O/c1-2-30-24-6-4-3-5-22(24)23-17-19(7-12-25(23)30)18-28-13-15-29(16-14-28)26(31)20-8-10-21(27)11-9-20/h3-12,17H,2,13-16,18H2,1H3. The van der Waals surface area contributed by atoms with Gasteiger partial charge in [-0.25, -0.2) is 4.39 Å². The topological polar surface area (TPSA) is 28.5 Å². The van der Waals surface area contributed by atoms with Gasteiger partial charge in [-0.1, -0.05) is 24.3 Å². The zero-order valence-electron chi connectivity index (χ0n) is 17.7. The Balaban J connectivity index is 1.29. The van der Waals surface area contributed by atoms with E-state index in [0.29, 0.717) is 18.7 Å². The van der Waals surface area contributed by atoms with E-state index in [1.54, 1.807) is 12.1 Å². The number of halogens is 1. The van der Waals surface area contributed by atoms with E-state index in [4.69, 9.17) is 0 Å². The lowest BCUT2D eigenvalue weighted by Gasteiger charge is -2.34. The maximum absolute atomic E-state index is 13.1. The van der Waals surface area contributed by atoms with Gasteiger partial charge >= 0.3 is 0 Å². The van der Waals surface area contributed by atoms with Crippen LogP contribution in [0.15, 0.2) is 66.7 Å². The predicted octanol–water partition coefficient (Wildman–Crippen LogP) is 4.91. The molecule has 0 N–H and O–H groups in total. The molecule has 0 unspecified atom stereocenters. The van der Waals surface area contributed by atoms with Gasteiger partial charge in [0.15, 0.2) is 0 Å². The summed E-state index contributed by atoms with van der Waals surface area (Å²) in [5, 5.41) is 2.61. The van der Waals surface area contributed by atoms with Crippen molar-refractivity contribution >= 4 is 27.7 Å². The third kappa shape index (κ3) is 3.70. The molecule has 4 nitrogen and oxygen atoms in total.